The summed E-state index contributed by atoms with van der Waals surface area (Å²) >= 11 is 0. The van der Waals surface area contributed by atoms with E-state index in [-0.39, 0.29) is 17.9 Å². The molecule has 0 saturated carbocycles. The topological polar surface area (TPSA) is 49.4 Å². The van der Waals surface area contributed by atoms with Crippen LogP contribution in [0.4, 0.5) is 0 Å². The molecule has 2 amide bonds. The number of nitrogens with one attached hydrogen (secondary N) is 1. The SMILES string of the molecule is CCC(C)NC(=O)c1cccc(CN2CCCC2=O)c1. The van der Waals surface area contributed by atoms with Gasteiger partial charge in [-0.3, -0.25) is 9.59 Å². The van der Waals surface area contributed by atoms with Gasteiger partial charge in [-0.1, -0.05) is 19.1 Å². The maximum absolute atomic E-state index is 12.1. The Morgan fingerprint density at radius 2 is 2.25 bits per heavy atom. The van der Waals surface area contributed by atoms with Crippen molar-refractivity contribution < 1.29 is 9.59 Å². The third kappa shape index (κ3) is 3.59. The molecule has 1 aromatic carbocycles. The van der Waals surface area contributed by atoms with Crippen LogP contribution in [0.3, 0.4) is 0 Å². The van der Waals surface area contributed by atoms with Gasteiger partial charge >= 0.3 is 0 Å². The van der Waals surface area contributed by atoms with E-state index in [1.807, 2.05) is 43.0 Å². The average Bonchev–Trinajstić information content (AvgIpc) is 2.84. The van der Waals surface area contributed by atoms with Crippen LogP contribution in [0.15, 0.2) is 24.3 Å². The van der Waals surface area contributed by atoms with Crippen LogP contribution in [-0.2, 0) is 11.3 Å². The molecule has 0 bridgehead atoms. The summed E-state index contributed by atoms with van der Waals surface area (Å²) in [7, 11) is 0. The summed E-state index contributed by atoms with van der Waals surface area (Å²) in [6.45, 7) is 5.45. The van der Waals surface area contributed by atoms with Crippen LogP contribution >= 0.6 is 0 Å². The summed E-state index contributed by atoms with van der Waals surface area (Å²) < 4.78 is 0. The lowest BCUT2D eigenvalue weighted by molar-refractivity contribution is -0.128. The van der Waals surface area contributed by atoms with Crippen molar-refractivity contribution >= 4 is 11.8 Å². The third-order valence-electron chi connectivity index (χ3n) is 3.72. The van der Waals surface area contributed by atoms with E-state index in [9.17, 15) is 9.59 Å². The smallest absolute Gasteiger partial charge is 0.251 e. The van der Waals surface area contributed by atoms with E-state index in [0.29, 0.717) is 18.5 Å². The number of carbonyl (C=O) groups excluding carboxylic acids is 2. The zero-order chi connectivity index (χ0) is 14.5. The number of nitrogens with zero attached hydrogens (tertiary/aromatic N) is 1. The molecule has 1 fully saturated rings. The molecule has 0 spiro atoms. The molecule has 1 heterocycles. The van der Waals surface area contributed by atoms with Gasteiger partial charge in [-0.05, 0) is 37.5 Å². The lowest BCUT2D eigenvalue weighted by Gasteiger charge is -2.16. The summed E-state index contributed by atoms with van der Waals surface area (Å²) in [5, 5.41) is 2.96. The van der Waals surface area contributed by atoms with Crippen LogP contribution in [0.5, 0.6) is 0 Å². The predicted octanol–water partition coefficient (Wildman–Crippen LogP) is 2.34. The second-order valence-corrected chi connectivity index (χ2v) is 5.40. The number of carbonyl (C=O) groups is 2. The summed E-state index contributed by atoms with van der Waals surface area (Å²) in [6.07, 6.45) is 2.49. The largest absolute Gasteiger partial charge is 0.350 e. The zero-order valence-corrected chi connectivity index (χ0v) is 12.2. The number of hydrogen-bond acceptors (Lipinski definition) is 2. The molecular formula is C16H22N2O2. The molecular weight excluding hydrogens is 252 g/mol. The minimum Gasteiger partial charge on any atom is -0.350 e. The summed E-state index contributed by atoms with van der Waals surface area (Å²) in [4.78, 5) is 25.6. The Hall–Kier alpha value is -1.84. The van der Waals surface area contributed by atoms with Crippen LogP contribution in [0.1, 0.15) is 49.0 Å². The van der Waals surface area contributed by atoms with Crippen LogP contribution < -0.4 is 5.32 Å². The highest BCUT2D eigenvalue weighted by molar-refractivity contribution is 5.94. The quantitative estimate of drug-likeness (QED) is 0.896. The normalized spacial score (nSPS) is 16.3. The second-order valence-electron chi connectivity index (χ2n) is 5.40. The second kappa shape index (κ2) is 6.55. The zero-order valence-electron chi connectivity index (χ0n) is 12.2. The highest BCUT2D eigenvalue weighted by atomic mass is 16.2. The molecule has 2 rings (SSSR count). The Kier molecular flexibility index (Phi) is 4.77. The van der Waals surface area contributed by atoms with Crippen molar-refractivity contribution in [1.82, 2.24) is 10.2 Å². The molecule has 0 aliphatic carbocycles. The van der Waals surface area contributed by atoms with Crippen LogP contribution in [0.2, 0.25) is 0 Å². The lowest BCUT2D eigenvalue weighted by atomic mass is 10.1. The molecule has 4 nitrogen and oxygen atoms in total. The Labute approximate surface area is 120 Å². The van der Waals surface area contributed by atoms with Gasteiger partial charge in [0.2, 0.25) is 5.91 Å². The maximum atomic E-state index is 12.1. The first-order chi connectivity index (χ1) is 9.60. The van der Waals surface area contributed by atoms with E-state index in [2.05, 4.69) is 5.32 Å². The van der Waals surface area contributed by atoms with Gasteiger partial charge in [-0.2, -0.15) is 0 Å². The third-order valence-corrected chi connectivity index (χ3v) is 3.72. The van der Waals surface area contributed by atoms with Gasteiger partial charge in [0, 0.05) is 31.1 Å². The van der Waals surface area contributed by atoms with Crippen molar-refractivity contribution in [3.8, 4) is 0 Å². The van der Waals surface area contributed by atoms with Crippen molar-refractivity contribution in [2.45, 2.75) is 45.7 Å². The van der Waals surface area contributed by atoms with Gasteiger partial charge in [-0.15, -0.1) is 0 Å². The van der Waals surface area contributed by atoms with E-state index in [0.717, 1.165) is 24.9 Å². The van der Waals surface area contributed by atoms with E-state index in [1.54, 1.807) is 0 Å². The summed E-state index contributed by atoms with van der Waals surface area (Å²) in [6, 6.07) is 7.70. The van der Waals surface area contributed by atoms with Gasteiger partial charge in [0.15, 0.2) is 0 Å². The fraction of sp³-hybridized carbons (Fsp3) is 0.500. The predicted molar refractivity (Wildman–Crippen MR) is 78.3 cm³/mol. The van der Waals surface area contributed by atoms with E-state index >= 15 is 0 Å². The maximum Gasteiger partial charge on any atom is 0.251 e. The number of likely N-dealkylation sites (tertiary alicyclic amines) is 1. The molecule has 1 saturated heterocycles. The Balaban J connectivity index is 2.03. The highest BCUT2D eigenvalue weighted by Crippen LogP contribution is 2.15. The van der Waals surface area contributed by atoms with Crippen molar-refractivity contribution in [2.24, 2.45) is 0 Å². The molecule has 1 aromatic rings. The van der Waals surface area contributed by atoms with Crippen molar-refractivity contribution in [1.29, 1.82) is 0 Å². The Morgan fingerprint density at radius 1 is 1.45 bits per heavy atom. The van der Waals surface area contributed by atoms with E-state index in [1.165, 1.54) is 0 Å². The molecule has 1 N–H and O–H groups in total. The van der Waals surface area contributed by atoms with Crippen molar-refractivity contribution in [3.05, 3.63) is 35.4 Å². The first kappa shape index (κ1) is 14.6. The average molecular weight is 274 g/mol. The fourth-order valence-electron chi connectivity index (χ4n) is 2.31. The molecule has 20 heavy (non-hydrogen) atoms. The fourth-order valence-corrected chi connectivity index (χ4v) is 2.31. The summed E-state index contributed by atoms with van der Waals surface area (Å²) in [5.41, 5.74) is 1.67. The Morgan fingerprint density at radius 3 is 2.90 bits per heavy atom. The highest BCUT2D eigenvalue weighted by Gasteiger charge is 2.20. The van der Waals surface area contributed by atoms with Gasteiger partial charge in [0.1, 0.15) is 0 Å². The Bertz CT molecular complexity index is 499. The molecule has 1 unspecified atom stereocenters. The molecule has 1 aliphatic heterocycles. The van der Waals surface area contributed by atoms with Gasteiger partial charge in [0.25, 0.3) is 5.91 Å². The number of hydrogen-bond donors (Lipinski definition) is 1. The van der Waals surface area contributed by atoms with Crippen LogP contribution in [0, 0.1) is 0 Å². The standard InChI is InChI=1S/C16H22N2O2/c1-3-12(2)17-16(20)14-7-4-6-13(10-14)11-18-9-5-8-15(18)19/h4,6-7,10,12H,3,5,8-9,11H2,1-2H3,(H,17,20). The molecule has 108 valence electrons. The summed E-state index contributed by atoms with van der Waals surface area (Å²) in [5.74, 6) is 0.161. The minimum absolute atomic E-state index is 0.0473. The molecule has 1 atom stereocenters. The van der Waals surface area contributed by atoms with Crippen molar-refractivity contribution in [2.75, 3.05) is 6.54 Å². The monoisotopic (exact) mass is 274 g/mol. The van der Waals surface area contributed by atoms with Crippen molar-refractivity contribution in [3.63, 3.8) is 0 Å². The molecule has 0 aromatic heterocycles. The molecule has 4 heteroatoms. The molecule has 1 aliphatic rings. The minimum atomic E-state index is -0.0473. The van der Waals surface area contributed by atoms with Crippen LogP contribution in [-0.4, -0.2) is 29.3 Å². The van der Waals surface area contributed by atoms with Gasteiger partial charge in [0.05, 0.1) is 0 Å². The van der Waals surface area contributed by atoms with E-state index in [4.69, 9.17) is 0 Å². The number of rotatable bonds is 5. The first-order valence-electron chi connectivity index (χ1n) is 7.27. The first-order valence-corrected chi connectivity index (χ1v) is 7.27. The number of benzene rings is 1. The van der Waals surface area contributed by atoms with Gasteiger partial charge < -0.3 is 10.2 Å². The van der Waals surface area contributed by atoms with Crippen LogP contribution in [0.25, 0.3) is 0 Å². The van der Waals surface area contributed by atoms with E-state index < -0.39 is 0 Å². The lowest BCUT2D eigenvalue weighted by Crippen LogP contribution is -2.32. The van der Waals surface area contributed by atoms with Gasteiger partial charge in [-0.25, -0.2) is 0 Å². The molecule has 0 radical (unpaired) electrons. The number of amides is 2.